The fourth-order valence-electron chi connectivity index (χ4n) is 2.16. The molecule has 0 amide bonds. The summed E-state index contributed by atoms with van der Waals surface area (Å²) in [5, 5.41) is 4.13. The van der Waals surface area contributed by atoms with E-state index in [4.69, 9.17) is 5.73 Å². The van der Waals surface area contributed by atoms with Gasteiger partial charge in [-0.2, -0.15) is 5.10 Å². The fraction of sp³-hybridized carbons (Fsp3) is 0.308. The van der Waals surface area contributed by atoms with E-state index < -0.39 is 10.0 Å². The Kier molecular flexibility index (Phi) is 3.47. The maximum Gasteiger partial charge on any atom is 0.265 e. The molecule has 2 aromatic rings. The van der Waals surface area contributed by atoms with Crippen molar-refractivity contribution in [2.24, 2.45) is 7.05 Å². The van der Waals surface area contributed by atoms with E-state index in [9.17, 15) is 8.42 Å². The number of benzene rings is 1. The van der Waals surface area contributed by atoms with Gasteiger partial charge in [-0.3, -0.25) is 9.40 Å². The lowest BCUT2D eigenvalue weighted by molar-refractivity contribution is 0.599. The Balaban J connectivity index is 2.52. The first kappa shape index (κ1) is 14.4. The number of rotatable bonds is 3. The van der Waals surface area contributed by atoms with Crippen molar-refractivity contribution < 1.29 is 8.42 Å². The number of anilines is 2. The quantitative estimate of drug-likeness (QED) is 0.844. The molecule has 6 nitrogen and oxygen atoms in total. The summed E-state index contributed by atoms with van der Waals surface area (Å²) in [6, 6.07) is 5.24. The van der Waals surface area contributed by atoms with Crippen LogP contribution in [0.1, 0.15) is 17.0 Å². The molecule has 1 aromatic heterocycles. The Bertz CT molecular complexity index is 743. The number of sulfonamides is 1. The van der Waals surface area contributed by atoms with Crippen LogP contribution in [0.3, 0.4) is 0 Å². The lowest BCUT2D eigenvalue weighted by Crippen LogP contribution is -2.16. The summed E-state index contributed by atoms with van der Waals surface area (Å²) in [4.78, 5) is 0.197. The molecule has 0 unspecified atom stereocenters. The van der Waals surface area contributed by atoms with Crippen molar-refractivity contribution in [1.82, 2.24) is 9.78 Å². The average molecular weight is 294 g/mol. The standard InChI is InChI=1S/C13H18N4O2S/c1-8-6-5-7-11(14)12(8)16-20(18,19)13-9(2)15-17(4)10(13)3/h5-7,16H,14H2,1-4H3. The molecule has 0 saturated carbocycles. The largest absolute Gasteiger partial charge is 0.397 e. The Morgan fingerprint density at radius 1 is 1.25 bits per heavy atom. The van der Waals surface area contributed by atoms with Crippen molar-refractivity contribution in [3.05, 3.63) is 35.2 Å². The predicted molar refractivity (Wildman–Crippen MR) is 79.1 cm³/mol. The molecule has 0 fully saturated rings. The van der Waals surface area contributed by atoms with Crippen molar-refractivity contribution >= 4 is 21.4 Å². The molecular weight excluding hydrogens is 276 g/mol. The Morgan fingerprint density at radius 3 is 2.40 bits per heavy atom. The van der Waals surface area contributed by atoms with E-state index in [1.807, 2.05) is 0 Å². The normalized spacial score (nSPS) is 11.6. The second-order valence-electron chi connectivity index (χ2n) is 4.77. The topological polar surface area (TPSA) is 90.0 Å². The summed E-state index contributed by atoms with van der Waals surface area (Å²) in [6.45, 7) is 5.19. The van der Waals surface area contributed by atoms with Gasteiger partial charge in [0, 0.05) is 7.05 Å². The van der Waals surface area contributed by atoms with Gasteiger partial charge in [-0.15, -0.1) is 0 Å². The minimum Gasteiger partial charge on any atom is -0.397 e. The van der Waals surface area contributed by atoms with Crippen LogP contribution in [0, 0.1) is 20.8 Å². The van der Waals surface area contributed by atoms with E-state index in [1.165, 1.54) is 0 Å². The van der Waals surface area contributed by atoms with Gasteiger partial charge >= 0.3 is 0 Å². The van der Waals surface area contributed by atoms with Gasteiger partial charge in [0.05, 0.1) is 22.8 Å². The Morgan fingerprint density at radius 2 is 1.90 bits per heavy atom. The molecule has 1 heterocycles. The summed E-state index contributed by atoms with van der Waals surface area (Å²) in [7, 11) is -2.00. The minimum atomic E-state index is -3.71. The second kappa shape index (κ2) is 4.82. The van der Waals surface area contributed by atoms with Gasteiger partial charge in [0.1, 0.15) is 4.90 Å². The van der Waals surface area contributed by atoms with Gasteiger partial charge in [-0.05, 0) is 32.4 Å². The molecule has 108 valence electrons. The zero-order valence-electron chi connectivity index (χ0n) is 11.9. The van der Waals surface area contributed by atoms with E-state index in [2.05, 4.69) is 9.82 Å². The zero-order chi connectivity index (χ0) is 15.1. The van der Waals surface area contributed by atoms with Crippen LogP contribution in [-0.4, -0.2) is 18.2 Å². The Labute approximate surface area is 118 Å². The monoisotopic (exact) mass is 294 g/mol. The van der Waals surface area contributed by atoms with E-state index in [1.54, 1.807) is 50.7 Å². The first-order valence-electron chi connectivity index (χ1n) is 6.12. The maximum atomic E-state index is 12.5. The highest BCUT2D eigenvalue weighted by Gasteiger charge is 2.24. The number of nitrogens with one attached hydrogen (secondary N) is 1. The van der Waals surface area contributed by atoms with Crippen LogP contribution in [0.15, 0.2) is 23.1 Å². The van der Waals surface area contributed by atoms with Crippen LogP contribution in [0.2, 0.25) is 0 Å². The molecular formula is C13H18N4O2S. The smallest absolute Gasteiger partial charge is 0.265 e. The summed E-state index contributed by atoms with van der Waals surface area (Å²) in [5.74, 6) is 0. The number of para-hydroxylation sites is 1. The highest BCUT2D eigenvalue weighted by atomic mass is 32.2. The van der Waals surface area contributed by atoms with Crippen LogP contribution in [-0.2, 0) is 17.1 Å². The third-order valence-electron chi connectivity index (χ3n) is 3.25. The minimum absolute atomic E-state index is 0.197. The van der Waals surface area contributed by atoms with Crippen LogP contribution in [0.25, 0.3) is 0 Å². The third kappa shape index (κ3) is 2.36. The summed E-state index contributed by atoms with van der Waals surface area (Å²) >= 11 is 0. The number of aryl methyl sites for hydroxylation is 3. The lowest BCUT2D eigenvalue weighted by Gasteiger charge is -2.13. The van der Waals surface area contributed by atoms with E-state index >= 15 is 0 Å². The molecule has 0 saturated heterocycles. The summed E-state index contributed by atoms with van der Waals surface area (Å²) in [5.41, 5.74) is 8.47. The molecule has 1 aromatic carbocycles. The maximum absolute atomic E-state index is 12.5. The van der Waals surface area contributed by atoms with Crippen LogP contribution in [0.5, 0.6) is 0 Å². The van der Waals surface area contributed by atoms with Crippen molar-refractivity contribution in [2.45, 2.75) is 25.7 Å². The number of hydrogen-bond donors (Lipinski definition) is 2. The van der Waals surface area contributed by atoms with Gasteiger partial charge in [0.25, 0.3) is 10.0 Å². The van der Waals surface area contributed by atoms with Gasteiger partial charge < -0.3 is 5.73 Å². The van der Waals surface area contributed by atoms with Crippen LogP contribution >= 0.6 is 0 Å². The summed E-state index contributed by atoms with van der Waals surface area (Å²) < 4.78 is 29.2. The SMILES string of the molecule is Cc1cccc(N)c1NS(=O)(=O)c1c(C)nn(C)c1C. The fourth-order valence-corrected chi connectivity index (χ4v) is 3.76. The number of nitrogen functional groups attached to an aromatic ring is 1. The van der Waals surface area contributed by atoms with Crippen molar-refractivity contribution in [3.8, 4) is 0 Å². The molecule has 0 aliphatic heterocycles. The Hall–Kier alpha value is -2.02. The molecule has 0 spiro atoms. The van der Waals surface area contributed by atoms with Gasteiger partial charge in [0.2, 0.25) is 0 Å². The second-order valence-corrected chi connectivity index (χ2v) is 6.39. The zero-order valence-corrected chi connectivity index (χ0v) is 12.7. The van der Waals surface area contributed by atoms with Crippen molar-refractivity contribution in [1.29, 1.82) is 0 Å². The molecule has 2 rings (SSSR count). The molecule has 0 bridgehead atoms. The molecule has 20 heavy (non-hydrogen) atoms. The first-order valence-corrected chi connectivity index (χ1v) is 7.60. The highest BCUT2D eigenvalue weighted by Crippen LogP contribution is 2.27. The predicted octanol–water partition coefficient (Wildman–Crippen LogP) is 1.73. The average Bonchev–Trinajstić information content (AvgIpc) is 2.59. The van der Waals surface area contributed by atoms with Crippen LogP contribution < -0.4 is 10.5 Å². The van der Waals surface area contributed by atoms with Crippen LogP contribution in [0.4, 0.5) is 11.4 Å². The van der Waals surface area contributed by atoms with Gasteiger partial charge in [-0.1, -0.05) is 12.1 Å². The number of aromatic nitrogens is 2. The molecule has 3 N–H and O–H groups in total. The highest BCUT2D eigenvalue weighted by molar-refractivity contribution is 7.92. The number of hydrogen-bond acceptors (Lipinski definition) is 4. The van der Waals surface area contributed by atoms with Crippen molar-refractivity contribution in [2.75, 3.05) is 10.5 Å². The van der Waals surface area contributed by atoms with Crippen molar-refractivity contribution in [3.63, 3.8) is 0 Å². The molecule has 0 atom stereocenters. The van der Waals surface area contributed by atoms with Gasteiger partial charge in [-0.25, -0.2) is 8.42 Å². The van der Waals surface area contributed by atoms with E-state index in [0.29, 0.717) is 22.8 Å². The van der Waals surface area contributed by atoms with Gasteiger partial charge in [0.15, 0.2) is 0 Å². The summed E-state index contributed by atoms with van der Waals surface area (Å²) in [6.07, 6.45) is 0. The lowest BCUT2D eigenvalue weighted by atomic mass is 10.2. The number of nitrogens with zero attached hydrogens (tertiary/aromatic N) is 2. The molecule has 0 aliphatic rings. The third-order valence-corrected chi connectivity index (χ3v) is 4.85. The first-order chi connectivity index (χ1) is 9.24. The number of nitrogens with two attached hydrogens (primary N) is 1. The van der Waals surface area contributed by atoms with E-state index in [-0.39, 0.29) is 4.90 Å². The molecule has 0 radical (unpaired) electrons. The molecule has 7 heteroatoms. The molecule has 0 aliphatic carbocycles. The van der Waals surface area contributed by atoms with E-state index in [0.717, 1.165) is 5.56 Å².